The molecule has 4 fully saturated rings. The van der Waals surface area contributed by atoms with Crippen LogP contribution in [0.1, 0.15) is 45.4 Å². The molecule has 0 aromatic heterocycles. The van der Waals surface area contributed by atoms with Gasteiger partial charge in [0.2, 0.25) is 5.91 Å². The van der Waals surface area contributed by atoms with Gasteiger partial charge in [0.15, 0.2) is 0 Å². The molecule has 5 rings (SSSR count). The summed E-state index contributed by atoms with van der Waals surface area (Å²) in [6.45, 7) is 1.99. The molecule has 1 atom stereocenters. The molecule has 1 amide bonds. The minimum absolute atomic E-state index is 0.0983. The summed E-state index contributed by atoms with van der Waals surface area (Å²) in [5.74, 6) is 2.74. The Hall–Kier alpha value is -0.670. The van der Waals surface area contributed by atoms with Crippen LogP contribution in [0.2, 0.25) is 5.02 Å². The Morgan fingerprint density at radius 3 is 2.30 bits per heavy atom. The molecule has 1 aromatic carbocycles. The van der Waals surface area contributed by atoms with Gasteiger partial charge in [0.05, 0.1) is 10.3 Å². The molecule has 4 saturated carbocycles. The summed E-state index contributed by atoms with van der Waals surface area (Å²) in [6.07, 6.45) is 7.81. The SMILES string of the molecule is CC(Sc1ccccc1Cl)C(=O)NC12CC3CC(CC(C3)C1)C2. The van der Waals surface area contributed by atoms with E-state index >= 15 is 0 Å². The lowest BCUT2D eigenvalue weighted by molar-refractivity contribution is -0.126. The molecule has 0 heterocycles. The Kier molecular flexibility index (Phi) is 4.13. The van der Waals surface area contributed by atoms with E-state index in [-0.39, 0.29) is 16.7 Å². The normalized spacial score (nSPS) is 36.0. The first-order valence-corrected chi connectivity index (χ1v) is 10.0. The zero-order chi connectivity index (χ0) is 16.0. The quantitative estimate of drug-likeness (QED) is 0.783. The zero-order valence-electron chi connectivity index (χ0n) is 13.6. The summed E-state index contributed by atoms with van der Waals surface area (Å²) in [5.41, 5.74) is 0.0983. The standard InChI is InChI=1S/C19H24ClNOS/c1-12(23-17-5-3-2-4-16(17)20)18(22)21-19-9-13-6-14(10-19)8-15(7-13)11-19/h2-5,12-15H,6-11H2,1H3,(H,21,22). The van der Waals surface area contributed by atoms with Crippen LogP contribution in [-0.4, -0.2) is 16.7 Å². The van der Waals surface area contributed by atoms with Crippen molar-refractivity contribution < 1.29 is 4.79 Å². The molecule has 0 radical (unpaired) electrons. The Bertz CT molecular complexity index is 582. The molecule has 4 heteroatoms. The summed E-state index contributed by atoms with van der Waals surface area (Å²) in [7, 11) is 0. The van der Waals surface area contributed by atoms with Gasteiger partial charge >= 0.3 is 0 Å². The third kappa shape index (κ3) is 3.15. The molecule has 4 aliphatic rings. The molecular weight excluding hydrogens is 326 g/mol. The van der Waals surface area contributed by atoms with Gasteiger partial charge in [-0.2, -0.15) is 0 Å². The molecule has 1 aromatic rings. The second-order valence-electron chi connectivity index (χ2n) is 7.88. The van der Waals surface area contributed by atoms with Gasteiger partial charge in [-0.1, -0.05) is 23.7 Å². The third-order valence-electron chi connectivity index (χ3n) is 5.94. The fourth-order valence-electron chi connectivity index (χ4n) is 5.41. The number of rotatable bonds is 4. The van der Waals surface area contributed by atoms with Gasteiger partial charge in [-0.05, 0) is 75.3 Å². The molecule has 0 aliphatic heterocycles. The Morgan fingerprint density at radius 2 is 1.74 bits per heavy atom. The highest BCUT2D eigenvalue weighted by molar-refractivity contribution is 8.00. The molecule has 1 unspecified atom stereocenters. The third-order valence-corrected chi connectivity index (χ3v) is 7.56. The van der Waals surface area contributed by atoms with E-state index in [9.17, 15) is 4.79 Å². The highest BCUT2D eigenvalue weighted by atomic mass is 35.5. The van der Waals surface area contributed by atoms with E-state index in [1.807, 2.05) is 31.2 Å². The molecule has 124 valence electrons. The van der Waals surface area contributed by atoms with Crippen LogP contribution in [0.25, 0.3) is 0 Å². The maximum atomic E-state index is 12.8. The van der Waals surface area contributed by atoms with E-state index < -0.39 is 0 Å². The van der Waals surface area contributed by atoms with E-state index in [1.54, 1.807) is 11.8 Å². The van der Waals surface area contributed by atoms with Gasteiger partial charge in [0.25, 0.3) is 0 Å². The van der Waals surface area contributed by atoms with Crippen molar-refractivity contribution in [2.24, 2.45) is 17.8 Å². The van der Waals surface area contributed by atoms with Crippen molar-refractivity contribution in [1.29, 1.82) is 0 Å². The van der Waals surface area contributed by atoms with Crippen molar-refractivity contribution >= 4 is 29.3 Å². The summed E-state index contributed by atoms with van der Waals surface area (Å²) in [4.78, 5) is 13.8. The van der Waals surface area contributed by atoms with E-state index in [1.165, 1.54) is 38.5 Å². The predicted octanol–water partition coefficient (Wildman–Crippen LogP) is 4.91. The van der Waals surface area contributed by atoms with Crippen LogP contribution in [0.15, 0.2) is 29.2 Å². The monoisotopic (exact) mass is 349 g/mol. The van der Waals surface area contributed by atoms with Gasteiger partial charge in [-0.15, -0.1) is 11.8 Å². The molecule has 0 saturated heterocycles. The Balaban J connectivity index is 1.42. The lowest BCUT2D eigenvalue weighted by atomic mass is 9.53. The molecule has 23 heavy (non-hydrogen) atoms. The van der Waals surface area contributed by atoms with Crippen molar-refractivity contribution in [2.75, 3.05) is 0 Å². The van der Waals surface area contributed by atoms with Crippen molar-refractivity contribution in [1.82, 2.24) is 5.32 Å². The van der Waals surface area contributed by atoms with Crippen LogP contribution in [0.5, 0.6) is 0 Å². The average molecular weight is 350 g/mol. The minimum Gasteiger partial charge on any atom is -0.350 e. The number of hydrogen-bond donors (Lipinski definition) is 1. The van der Waals surface area contributed by atoms with Gasteiger partial charge < -0.3 is 5.32 Å². The molecule has 4 aliphatic carbocycles. The maximum Gasteiger partial charge on any atom is 0.233 e. The van der Waals surface area contributed by atoms with Crippen LogP contribution in [0.4, 0.5) is 0 Å². The van der Waals surface area contributed by atoms with Crippen LogP contribution in [0, 0.1) is 17.8 Å². The van der Waals surface area contributed by atoms with Crippen molar-refractivity contribution in [3.63, 3.8) is 0 Å². The summed E-state index contributed by atoms with van der Waals surface area (Å²) < 4.78 is 0. The highest BCUT2D eigenvalue weighted by Crippen LogP contribution is 2.55. The van der Waals surface area contributed by atoms with E-state index in [0.29, 0.717) is 0 Å². The second-order valence-corrected chi connectivity index (χ2v) is 9.67. The van der Waals surface area contributed by atoms with Gasteiger partial charge in [0.1, 0.15) is 0 Å². The molecule has 4 bridgehead atoms. The highest BCUT2D eigenvalue weighted by Gasteiger charge is 2.51. The summed E-state index contributed by atoms with van der Waals surface area (Å²) >= 11 is 7.78. The first kappa shape index (κ1) is 15.8. The van der Waals surface area contributed by atoms with Crippen molar-refractivity contribution in [3.8, 4) is 0 Å². The molecular formula is C19H24ClNOS. The van der Waals surface area contributed by atoms with Gasteiger partial charge in [-0.25, -0.2) is 0 Å². The molecule has 0 spiro atoms. The zero-order valence-corrected chi connectivity index (χ0v) is 15.1. The largest absolute Gasteiger partial charge is 0.350 e. The fourth-order valence-corrected chi connectivity index (χ4v) is 6.56. The number of carbonyl (C=O) groups excluding carboxylic acids is 1. The van der Waals surface area contributed by atoms with Crippen molar-refractivity contribution in [3.05, 3.63) is 29.3 Å². The number of nitrogens with one attached hydrogen (secondary N) is 1. The number of carbonyl (C=O) groups is 1. The Morgan fingerprint density at radius 1 is 1.17 bits per heavy atom. The Labute approximate surface area is 147 Å². The number of halogens is 1. The summed E-state index contributed by atoms with van der Waals surface area (Å²) in [5, 5.41) is 4.08. The second kappa shape index (κ2) is 6.00. The smallest absolute Gasteiger partial charge is 0.233 e. The molecule has 2 nitrogen and oxygen atoms in total. The van der Waals surface area contributed by atoms with E-state index in [0.717, 1.165) is 27.7 Å². The number of amides is 1. The fraction of sp³-hybridized carbons (Fsp3) is 0.632. The van der Waals surface area contributed by atoms with Crippen molar-refractivity contribution in [2.45, 2.75) is 61.1 Å². The average Bonchev–Trinajstić information content (AvgIpc) is 2.47. The number of thioether (sulfide) groups is 1. The summed E-state index contributed by atoms with van der Waals surface area (Å²) in [6, 6.07) is 7.76. The van der Waals surface area contributed by atoms with Crippen LogP contribution >= 0.6 is 23.4 Å². The topological polar surface area (TPSA) is 29.1 Å². The first-order valence-electron chi connectivity index (χ1n) is 8.76. The molecule has 1 N–H and O–H groups in total. The predicted molar refractivity (Wildman–Crippen MR) is 95.8 cm³/mol. The number of hydrogen-bond acceptors (Lipinski definition) is 2. The maximum absolute atomic E-state index is 12.8. The minimum atomic E-state index is -0.108. The van der Waals surface area contributed by atoms with Crippen LogP contribution in [0.3, 0.4) is 0 Å². The van der Waals surface area contributed by atoms with Crippen LogP contribution < -0.4 is 5.32 Å². The first-order chi connectivity index (χ1) is 11.0. The van der Waals surface area contributed by atoms with Crippen LogP contribution in [-0.2, 0) is 4.79 Å². The number of benzene rings is 1. The lowest BCUT2D eigenvalue weighted by Gasteiger charge is -2.57. The van der Waals surface area contributed by atoms with Gasteiger partial charge in [0, 0.05) is 10.4 Å². The van der Waals surface area contributed by atoms with Gasteiger partial charge in [-0.3, -0.25) is 4.79 Å². The van der Waals surface area contributed by atoms with E-state index in [2.05, 4.69) is 5.32 Å². The van der Waals surface area contributed by atoms with E-state index in [4.69, 9.17) is 11.6 Å². The lowest BCUT2D eigenvalue weighted by Crippen LogP contribution is -2.60.